The van der Waals surface area contributed by atoms with Gasteiger partial charge in [0.1, 0.15) is 5.75 Å². The SMILES string of the molecule is CCOC(=O)CC(C)c1ccccc1OC(=O)OCC. The lowest BCUT2D eigenvalue weighted by molar-refractivity contribution is -0.143. The maximum absolute atomic E-state index is 11.5. The highest BCUT2D eigenvalue weighted by atomic mass is 16.7. The zero-order valence-corrected chi connectivity index (χ0v) is 12.0. The average molecular weight is 280 g/mol. The first kappa shape index (κ1) is 16.0. The Labute approximate surface area is 118 Å². The summed E-state index contributed by atoms with van der Waals surface area (Å²) in [5.74, 6) is 0.0216. The maximum atomic E-state index is 11.5. The van der Waals surface area contributed by atoms with Crippen molar-refractivity contribution in [3.05, 3.63) is 29.8 Å². The van der Waals surface area contributed by atoms with Gasteiger partial charge in [0.25, 0.3) is 0 Å². The zero-order chi connectivity index (χ0) is 15.0. The fraction of sp³-hybridized carbons (Fsp3) is 0.467. The quantitative estimate of drug-likeness (QED) is 0.591. The first-order valence-electron chi connectivity index (χ1n) is 6.67. The highest BCUT2D eigenvalue weighted by Gasteiger charge is 2.17. The molecule has 0 aliphatic rings. The molecule has 0 bridgehead atoms. The number of rotatable bonds is 6. The van der Waals surface area contributed by atoms with Crippen LogP contribution in [0.4, 0.5) is 4.79 Å². The molecule has 20 heavy (non-hydrogen) atoms. The van der Waals surface area contributed by atoms with Gasteiger partial charge in [0.15, 0.2) is 0 Å². The van der Waals surface area contributed by atoms with Crippen molar-refractivity contribution in [3.63, 3.8) is 0 Å². The van der Waals surface area contributed by atoms with Gasteiger partial charge in [-0.2, -0.15) is 0 Å². The summed E-state index contributed by atoms with van der Waals surface area (Å²) in [6.45, 7) is 5.95. The highest BCUT2D eigenvalue weighted by molar-refractivity contribution is 5.71. The highest BCUT2D eigenvalue weighted by Crippen LogP contribution is 2.29. The minimum Gasteiger partial charge on any atom is -0.466 e. The van der Waals surface area contributed by atoms with Crippen LogP contribution in [-0.2, 0) is 14.3 Å². The van der Waals surface area contributed by atoms with E-state index in [4.69, 9.17) is 14.2 Å². The molecule has 0 radical (unpaired) electrons. The maximum Gasteiger partial charge on any atom is 0.513 e. The molecule has 0 spiro atoms. The van der Waals surface area contributed by atoms with Crippen LogP contribution in [0.3, 0.4) is 0 Å². The molecular weight excluding hydrogens is 260 g/mol. The molecule has 0 N–H and O–H groups in total. The summed E-state index contributed by atoms with van der Waals surface area (Å²) in [6, 6.07) is 7.08. The van der Waals surface area contributed by atoms with Crippen molar-refractivity contribution in [3.8, 4) is 5.75 Å². The monoisotopic (exact) mass is 280 g/mol. The lowest BCUT2D eigenvalue weighted by Crippen LogP contribution is -2.13. The van der Waals surface area contributed by atoms with Crippen molar-refractivity contribution in [2.24, 2.45) is 0 Å². The average Bonchev–Trinajstić information content (AvgIpc) is 2.39. The van der Waals surface area contributed by atoms with E-state index in [1.54, 1.807) is 26.0 Å². The second-order valence-corrected chi connectivity index (χ2v) is 4.23. The molecule has 0 fully saturated rings. The molecule has 0 aliphatic heterocycles. The molecule has 0 saturated carbocycles. The van der Waals surface area contributed by atoms with Crippen LogP contribution in [0.25, 0.3) is 0 Å². The molecule has 5 heteroatoms. The van der Waals surface area contributed by atoms with E-state index in [1.165, 1.54) is 0 Å². The third kappa shape index (κ3) is 4.91. The van der Waals surface area contributed by atoms with Gasteiger partial charge in [-0.3, -0.25) is 4.79 Å². The van der Waals surface area contributed by atoms with Gasteiger partial charge in [-0.25, -0.2) is 4.79 Å². The van der Waals surface area contributed by atoms with Crippen LogP contribution in [0, 0.1) is 0 Å². The number of hydrogen-bond donors (Lipinski definition) is 0. The second-order valence-electron chi connectivity index (χ2n) is 4.23. The number of ether oxygens (including phenoxy) is 3. The van der Waals surface area contributed by atoms with Crippen molar-refractivity contribution < 1.29 is 23.8 Å². The lowest BCUT2D eigenvalue weighted by atomic mass is 9.97. The Balaban J connectivity index is 2.78. The van der Waals surface area contributed by atoms with Crippen LogP contribution in [0.5, 0.6) is 5.75 Å². The number of benzene rings is 1. The fourth-order valence-corrected chi connectivity index (χ4v) is 1.80. The molecule has 110 valence electrons. The van der Waals surface area contributed by atoms with Gasteiger partial charge in [-0.1, -0.05) is 25.1 Å². The summed E-state index contributed by atoms with van der Waals surface area (Å²) in [5.41, 5.74) is 0.772. The summed E-state index contributed by atoms with van der Waals surface area (Å²) >= 11 is 0. The molecule has 1 aromatic rings. The zero-order valence-electron chi connectivity index (χ0n) is 12.0. The van der Waals surface area contributed by atoms with Gasteiger partial charge in [0, 0.05) is 0 Å². The fourth-order valence-electron chi connectivity index (χ4n) is 1.80. The second kappa shape index (κ2) is 8.19. The minimum absolute atomic E-state index is 0.111. The molecule has 0 aliphatic carbocycles. The molecule has 1 unspecified atom stereocenters. The molecule has 0 saturated heterocycles. The molecule has 0 aromatic heterocycles. The van der Waals surface area contributed by atoms with Crippen molar-refractivity contribution >= 4 is 12.1 Å². The molecule has 1 atom stereocenters. The van der Waals surface area contributed by atoms with E-state index in [-0.39, 0.29) is 24.9 Å². The first-order valence-corrected chi connectivity index (χ1v) is 6.67. The van der Waals surface area contributed by atoms with Gasteiger partial charge in [-0.15, -0.1) is 0 Å². The minimum atomic E-state index is -0.747. The van der Waals surface area contributed by atoms with Gasteiger partial charge in [0.05, 0.1) is 19.6 Å². The van der Waals surface area contributed by atoms with E-state index in [9.17, 15) is 9.59 Å². The predicted molar refractivity (Wildman–Crippen MR) is 73.8 cm³/mol. The summed E-state index contributed by atoms with van der Waals surface area (Å²) < 4.78 is 14.8. The van der Waals surface area contributed by atoms with E-state index < -0.39 is 6.16 Å². The van der Waals surface area contributed by atoms with Crippen molar-refractivity contribution in [2.75, 3.05) is 13.2 Å². The summed E-state index contributed by atoms with van der Waals surface area (Å²) in [7, 11) is 0. The van der Waals surface area contributed by atoms with Gasteiger partial charge in [-0.05, 0) is 31.4 Å². The van der Waals surface area contributed by atoms with Gasteiger partial charge >= 0.3 is 12.1 Å². The van der Waals surface area contributed by atoms with Crippen LogP contribution in [0.2, 0.25) is 0 Å². The summed E-state index contributed by atoms with van der Waals surface area (Å²) in [5, 5.41) is 0. The third-order valence-electron chi connectivity index (χ3n) is 2.68. The van der Waals surface area contributed by atoms with Crippen molar-refractivity contribution in [1.82, 2.24) is 0 Å². The third-order valence-corrected chi connectivity index (χ3v) is 2.68. The predicted octanol–water partition coefficient (Wildman–Crippen LogP) is 3.28. The lowest BCUT2D eigenvalue weighted by Gasteiger charge is -2.15. The number of esters is 1. The molecule has 0 amide bonds. The number of hydrogen-bond acceptors (Lipinski definition) is 5. The molecular formula is C15H20O5. The van der Waals surface area contributed by atoms with Crippen LogP contribution < -0.4 is 4.74 Å². The molecule has 1 aromatic carbocycles. The number of carbonyl (C=O) groups is 2. The van der Waals surface area contributed by atoms with E-state index in [0.717, 1.165) is 5.56 Å². The Morgan fingerprint density at radius 2 is 1.75 bits per heavy atom. The normalized spacial score (nSPS) is 11.6. The molecule has 0 heterocycles. The Morgan fingerprint density at radius 1 is 1.10 bits per heavy atom. The smallest absolute Gasteiger partial charge is 0.466 e. The molecule has 1 rings (SSSR count). The standard InChI is InChI=1S/C15H20O5/c1-4-18-14(16)10-11(3)12-8-6-7-9-13(12)20-15(17)19-5-2/h6-9,11H,4-5,10H2,1-3H3. The van der Waals surface area contributed by atoms with Crippen LogP contribution >= 0.6 is 0 Å². The Kier molecular flexibility index (Phi) is 6.56. The number of carbonyl (C=O) groups excluding carboxylic acids is 2. The first-order chi connectivity index (χ1) is 9.58. The Hall–Kier alpha value is -2.04. The Bertz CT molecular complexity index is 455. The van der Waals surface area contributed by atoms with E-state index in [1.807, 2.05) is 19.1 Å². The van der Waals surface area contributed by atoms with Crippen LogP contribution in [0.15, 0.2) is 24.3 Å². The van der Waals surface area contributed by atoms with Gasteiger partial charge < -0.3 is 14.2 Å². The van der Waals surface area contributed by atoms with Crippen LogP contribution in [-0.4, -0.2) is 25.3 Å². The number of para-hydroxylation sites is 1. The van der Waals surface area contributed by atoms with E-state index in [2.05, 4.69) is 0 Å². The molecule has 5 nitrogen and oxygen atoms in total. The van der Waals surface area contributed by atoms with Crippen molar-refractivity contribution in [2.45, 2.75) is 33.1 Å². The van der Waals surface area contributed by atoms with Crippen LogP contribution in [0.1, 0.15) is 38.7 Å². The van der Waals surface area contributed by atoms with E-state index >= 15 is 0 Å². The topological polar surface area (TPSA) is 61.8 Å². The van der Waals surface area contributed by atoms with E-state index in [0.29, 0.717) is 12.4 Å². The van der Waals surface area contributed by atoms with Crippen molar-refractivity contribution in [1.29, 1.82) is 0 Å². The van der Waals surface area contributed by atoms with Gasteiger partial charge in [0.2, 0.25) is 0 Å². The summed E-state index contributed by atoms with van der Waals surface area (Å²) in [4.78, 5) is 22.9. The summed E-state index contributed by atoms with van der Waals surface area (Å²) in [6.07, 6.45) is -0.514. The largest absolute Gasteiger partial charge is 0.513 e. The Morgan fingerprint density at radius 3 is 2.40 bits per heavy atom.